The molecule has 0 aromatic heterocycles. The van der Waals surface area contributed by atoms with Gasteiger partial charge in [0.25, 0.3) is 5.91 Å². The minimum atomic E-state index is -0.0450. The van der Waals surface area contributed by atoms with E-state index in [9.17, 15) is 4.79 Å². The number of hydrogen-bond donors (Lipinski definition) is 0. The number of carbonyl (C=O) groups is 1. The van der Waals surface area contributed by atoms with Crippen molar-refractivity contribution in [2.24, 2.45) is 0 Å². The molecule has 0 radical (unpaired) electrons. The van der Waals surface area contributed by atoms with E-state index < -0.39 is 0 Å². The summed E-state index contributed by atoms with van der Waals surface area (Å²) in [6.45, 7) is 3.48. The third kappa shape index (κ3) is 4.47. The molecule has 0 spiro atoms. The lowest BCUT2D eigenvalue weighted by atomic mass is 10.0. The molecular weight excluding hydrogens is 376 g/mol. The van der Waals surface area contributed by atoms with E-state index in [4.69, 9.17) is 21.1 Å². The molecule has 1 aromatic carbocycles. The van der Waals surface area contributed by atoms with Gasteiger partial charge in [-0.3, -0.25) is 4.79 Å². The Kier molecular flexibility index (Phi) is 6.44. The summed E-state index contributed by atoms with van der Waals surface area (Å²) in [5.74, 6) is 0.607. The highest BCUT2D eigenvalue weighted by Crippen LogP contribution is 2.30. The number of piperidine rings is 1. The second-order valence-corrected chi connectivity index (χ2v) is 8.80. The van der Waals surface area contributed by atoms with Gasteiger partial charge in [-0.15, -0.1) is 0 Å². The van der Waals surface area contributed by atoms with Crippen LogP contribution in [0.5, 0.6) is 5.75 Å². The highest BCUT2D eigenvalue weighted by molar-refractivity contribution is 6.31. The van der Waals surface area contributed by atoms with Crippen LogP contribution < -0.4 is 4.74 Å². The monoisotopic (exact) mass is 406 g/mol. The highest BCUT2D eigenvalue weighted by atomic mass is 35.5. The number of benzene rings is 1. The van der Waals surface area contributed by atoms with Crippen LogP contribution in [0.3, 0.4) is 0 Å². The smallest absolute Gasteiger partial charge is 0.257 e. The summed E-state index contributed by atoms with van der Waals surface area (Å²) in [4.78, 5) is 17.5. The molecule has 4 rings (SSSR count). The van der Waals surface area contributed by atoms with Crippen LogP contribution in [0, 0.1) is 0 Å². The first kappa shape index (κ1) is 20.0. The van der Waals surface area contributed by atoms with Gasteiger partial charge in [0.1, 0.15) is 11.9 Å². The van der Waals surface area contributed by atoms with Gasteiger partial charge >= 0.3 is 0 Å². The van der Waals surface area contributed by atoms with Gasteiger partial charge < -0.3 is 19.3 Å². The summed E-state index contributed by atoms with van der Waals surface area (Å²) >= 11 is 6.20. The number of halogens is 1. The maximum absolute atomic E-state index is 13.1. The molecule has 5 nitrogen and oxygen atoms in total. The van der Waals surface area contributed by atoms with E-state index >= 15 is 0 Å². The van der Waals surface area contributed by atoms with E-state index in [1.165, 1.54) is 25.7 Å². The fraction of sp³-hybridized carbons (Fsp3) is 0.682. The summed E-state index contributed by atoms with van der Waals surface area (Å²) in [5, 5.41) is 0.558. The minimum absolute atomic E-state index is 0.0450. The number of likely N-dealkylation sites (N-methyl/N-ethyl adjacent to an activating group) is 1. The molecule has 3 aliphatic rings. The van der Waals surface area contributed by atoms with Crippen LogP contribution in [0.25, 0.3) is 0 Å². The van der Waals surface area contributed by atoms with Crippen molar-refractivity contribution in [3.05, 3.63) is 28.8 Å². The summed E-state index contributed by atoms with van der Waals surface area (Å²) in [6, 6.07) is 6.28. The molecule has 1 atom stereocenters. The molecule has 2 saturated heterocycles. The van der Waals surface area contributed by atoms with Gasteiger partial charge in [-0.05, 0) is 50.3 Å². The third-order valence-electron chi connectivity index (χ3n) is 6.56. The second kappa shape index (κ2) is 9.02. The van der Waals surface area contributed by atoms with Crippen molar-refractivity contribution in [3.63, 3.8) is 0 Å². The van der Waals surface area contributed by atoms with Gasteiger partial charge in [0.05, 0.1) is 18.2 Å². The van der Waals surface area contributed by atoms with Gasteiger partial charge in [-0.1, -0.05) is 24.4 Å². The van der Waals surface area contributed by atoms with Crippen LogP contribution in [0.4, 0.5) is 0 Å². The average molecular weight is 407 g/mol. The summed E-state index contributed by atoms with van der Waals surface area (Å²) in [5.41, 5.74) is 0.556. The van der Waals surface area contributed by atoms with Crippen molar-refractivity contribution >= 4 is 17.5 Å². The average Bonchev–Trinajstić information content (AvgIpc) is 3.43. The van der Waals surface area contributed by atoms with Gasteiger partial charge in [0.2, 0.25) is 0 Å². The van der Waals surface area contributed by atoms with Gasteiger partial charge in [0.15, 0.2) is 0 Å². The molecule has 1 amide bonds. The lowest BCUT2D eigenvalue weighted by molar-refractivity contribution is 0.0666. The predicted molar refractivity (Wildman–Crippen MR) is 110 cm³/mol. The highest BCUT2D eigenvalue weighted by Gasteiger charge is 2.30. The van der Waals surface area contributed by atoms with Crippen molar-refractivity contribution in [1.29, 1.82) is 0 Å². The molecule has 2 heterocycles. The zero-order chi connectivity index (χ0) is 19.5. The maximum atomic E-state index is 13.1. The number of rotatable bonds is 5. The van der Waals surface area contributed by atoms with Crippen molar-refractivity contribution in [1.82, 2.24) is 9.80 Å². The van der Waals surface area contributed by atoms with Crippen LogP contribution in [-0.4, -0.2) is 67.2 Å². The van der Waals surface area contributed by atoms with Crippen molar-refractivity contribution in [3.8, 4) is 5.75 Å². The minimum Gasteiger partial charge on any atom is -0.489 e. The number of hydrogen-bond acceptors (Lipinski definition) is 4. The molecule has 0 bridgehead atoms. The molecule has 28 heavy (non-hydrogen) atoms. The van der Waals surface area contributed by atoms with Crippen molar-refractivity contribution in [2.45, 2.75) is 63.1 Å². The molecular formula is C22H31ClN2O3. The van der Waals surface area contributed by atoms with Crippen LogP contribution in [0.15, 0.2) is 18.2 Å². The molecule has 1 aliphatic carbocycles. The summed E-state index contributed by atoms with van der Waals surface area (Å²) in [7, 11) is 1.84. The third-order valence-corrected chi connectivity index (χ3v) is 6.79. The first-order valence-electron chi connectivity index (χ1n) is 10.7. The SMILES string of the molecule is CN(C(=O)c1cc(Cl)ccc1OC1CCN(C2CCCC2)CC1)C1CCOC1. The van der Waals surface area contributed by atoms with E-state index in [0.717, 1.165) is 38.4 Å². The topological polar surface area (TPSA) is 42.0 Å². The Labute approximate surface area is 172 Å². The first-order chi connectivity index (χ1) is 13.6. The lowest BCUT2D eigenvalue weighted by Crippen LogP contribution is -2.43. The molecule has 1 unspecified atom stereocenters. The fourth-order valence-corrected chi connectivity index (χ4v) is 4.94. The number of ether oxygens (including phenoxy) is 2. The number of likely N-dealkylation sites (tertiary alicyclic amines) is 1. The van der Waals surface area contributed by atoms with Crippen LogP contribution in [-0.2, 0) is 4.74 Å². The van der Waals surface area contributed by atoms with Crippen molar-refractivity contribution < 1.29 is 14.3 Å². The Balaban J connectivity index is 1.41. The van der Waals surface area contributed by atoms with Gasteiger partial charge in [-0.2, -0.15) is 0 Å². The molecule has 6 heteroatoms. The second-order valence-electron chi connectivity index (χ2n) is 8.37. The fourth-order valence-electron chi connectivity index (χ4n) is 4.76. The van der Waals surface area contributed by atoms with Crippen LogP contribution >= 0.6 is 11.6 Å². The molecule has 3 fully saturated rings. The van der Waals surface area contributed by atoms with Gasteiger partial charge in [0, 0.05) is 37.8 Å². The lowest BCUT2D eigenvalue weighted by Gasteiger charge is -2.36. The Morgan fingerprint density at radius 3 is 2.61 bits per heavy atom. The van der Waals surface area contributed by atoms with E-state index in [0.29, 0.717) is 29.5 Å². The van der Waals surface area contributed by atoms with E-state index in [1.54, 1.807) is 17.0 Å². The van der Waals surface area contributed by atoms with Gasteiger partial charge in [-0.25, -0.2) is 0 Å². The standard InChI is InChI=1S/C22H31ClN2O3/c1-24(18-10-13-27-15-18)22(26)20-14-16(23)6-7-21(20)28-19-8-11-25(12-9-19)17-4-2-3-5-17/h6-7,14,17-19H,2-5,8-13,15H2,1H3. The maximum Gasteiger partial charge on any atom is 0.257 e. The van der Waals surface area contributed by atoms with E-state index in [1.807, 2.05) is 13.1 Å². The van der Waals surface area contributed by atoms with Crippen molar-refractivity contribution in [2.75, 3.05) is 33.4 Å². The predicted octanol–water partition coefficient (Wildman–Crippen LogP) is 3.99. The van der Waals surface area contributed by atoms with Crippen LogP contribution in [0.2, 0.25) is 5.02 Å². The molecule has 0 N–H and O–H groups in total. The molecule has 154 valence electrons. The Morgan fingerprint density at radius 2 is 1.93 bits per heavy atom. The zero-order valence-corrected chi connectivity index (χ0v) is 17.5. The molecule has 1 saturated carbocycles. The summed E-state index contributed by atoms with van der Waals surface area (Å²) in [6.07, 6.45) is 8.49. The molecule has 1 aromatic rings. The Morgan fingerprint density at radius 1 is 1.18 bits per heavy atom. The largest absolute Gasteiger partial charge is 0.489 e. The normalized spacial score (nSPS) is 24.6. The quantitative estimate of drug-likeness (QED) is 0.741. The van der Waals surface area contributed by atoms with E-state index in [2.05, 4.69) is 4.90 Å². The van der Waals surface area contributed by atoms with Crippen LogP contribution in [0.1, 0.15) is 55.3 Å². The zero-order valence-electron chi connectivity index (χ0n) is 16.7. The number of nitrogens with zero attached hydrogens (tertiary/aromatic N) is 2. The Bertz CT molecular complexity index is 678. The first-order valence-corrected chi connectivity index (χ1v) is 11.0. The number of carbonyl (C=O) groups excluding carboxylic acids is 1. The number of amides is 1. The molecule has 2 aliphatic heterocycles. The Hall–Kier alpha value is -1.30. The van der Waals surface area contributed by atoms with E-state index in [-0.39, 0.29) is 18.1 Å². The summed E-state index contributed by atoms with van der Waals surface area (Å²) < 4.78 is 11.8.